The molecule has 1 saturated carbocycles. The van der Waals surface area contributed by atoms with Crippen molar-refractivity contribution < 1.29 is 19.1 Å². The van der Waals surface area contributed by atoms with Crippen LogP contribution in [0.4, 0.5) is 5.69 Å². The zero-order valence-corrected chi connectivity index (χ0v) is 13.4. The summed E-state index contributed by atoms with van der Waals surface area (Å²) >= 11 is 0. The highest BCUT2D eigenvalue weighted by molar-refractivity contribution is 5.93. The van der Waals surface area contributed by atoms with Crippen molar-refractivity contribution in [2.45, 2.75) is 13.3 Å². The van der Waals surface area contributed by atoms with Gasteiger partial charge in [-0.2, -0.15) is 0 Å². The molecular weight excluding hydrogens is 306 g/mol. The third-order valence-corrected chi connectivity index (χ3v) is 3.87. The first-order valence-electron chi connectivity index (χ1n) is 7.91. The van der Waals surface area contributed by atoms with Gasteiger partial charge in [-0.15, -0.1) is 0 Å². The van der Waals surface area contributed by atoms with Crippen LogP contribution in [-0.2, 0) is 14.3 Å². The van der Waals surface area contributed by atoms with Gasteiger partial charge < -0.3 is 14.8 Å². The van der Waals surface area contributed by atoms with Crippen molar-refractivity contribution in [2.75, 3.05) is 11.9 Å². The average molecular weight is 325 g/mol. The van der Waals surface area contributed by atoms with E-state index in [1.807, 2.05) is 37.3 Å². The van der Waals surface area contributed by atoms with E-state index >= 15 is 0 Å². The molecule has 0 bridgehead atoms. The molecule has 0 unspecified atom stereocenters. The smallest absolute Gasteiger partial charge is 0.309 e. The van der Waals surface area contributed by atoms with E-state index in [4.69, 9.17) is 9.47 Å². The van der Waals surface area contributed by atoms with Crippen molar-refractivity contribution in [3.8, 4) is 11.5 Å². The summed E-state index contributed by atoms with van der Waals surface area (Å²) < 4.78 is 10.7. The first-order valence-corrected chi connectivity index (χ1v) is 7.91. The lowest BCUT2D eigenvalue weighted by Crippen LogP contribution is -2.21. The van der Waals surface area contributed by atoms with Crippen molar-refractivity contribution in [3.05, 3.63) is 54.6 Å². The maximum absolute atomic E-state index is 11.8. The molecule has 1 amide bonds. The van der Waals surface area contributed by atoms with E-state index in [1.165, 1.54) is 0 Å². The molecule has 0 radical (unpaired) electrons. The second-order valence-corrected chi connectivity index (χ2v) is 5.91. The predicted octanol–water partition coefficient (Wildman–Crippen LogP) is 3.62. The molecule has 1 aliphatic carbocycles. The summed E-state index contributed by atoms with van der Waals surface area (Å²) in [5.41, 5.74) is 0.622. The fourth-order valence-corrected chi connectivity index (χ4v) is 2.32. The number of esters is 1. The minimum atomic E-state index is -0.353. The Labute approximate surface area is 140 Å². The van der Waals surface area contributed by atoms with E-state index in [9.17, 15) is 9.59 Å². The van der Waals surface area contributed by atoms with Crippen molar-refractivity contribution >= 4 is 17.6 Å². The Morgan fingerprint density at radius 2 is 1.67 bits per heavy atom. The second-order valence-electron chi connectivity index (χ2n) is 5.91. The van der Waals surface area contributed by atoms with Crippen LogP contribution in [0.25, 0.3) is 0 Å². The molecular formula is C19H19NO4. The summed E-state index contributed by atoms with van der Waals surface area (Å²) in [5, 5.41) is 2.69. The Hall–Kier alpha value is -2.82. The lowest BCUT2D eigenvalue weighted by atomic mass is 10.3. The summed E-state index contributed by atoms with van der Waals surface area (Å²) in [4.78, 5) is 23.4. The van der Waals surface area contributed by atoms with Gasteiger partial charge in [0.2, 0.25) is 0 Å². The standard InChI is InChI=1S/C19H19NO4/c1-13-11-17(13)19(22)23-12-18(21)20-14-7-9-16(10-8-14)24-15-5-3-2-4-6-15/h2-10,13,17H,11-12H2,1H3,(H,20,21)/t13-,17-/m0/s1. The minimum absolute atomic E-state index is 0.0350. The van der Waals surface area contributed by atoms with Gasteiger partial charge in [-0.3, -0.25) is 9.59 Å². The quantitative estimate of drug-likeness (QED) is 0.824. The Bertz CT molecular complexity index is 712. The topological polar surface area (TPSA) is 64.6 Å². The van der Waals surface area contributed by atoms with Crippen LogP contribution in [0.5, 0.6) is 11.5 Å². The third-order valence-electron chi connectivity index (χ3n) is 3.87. The number of carbonyl (C=O) groups excluding carboxylic acids is 2. The van der Waals surface area contributed by atoms with Gasteiger partial charge in [-0.1, -0.05) is 25.1 Å². The van der Waals surface area contributed by atoms with Gasteiger partial charge in [0.15, 0.2) is 6.61 Å². The first kappa shape index (κ1) is 16.1. The Morgan fingerprint density at radius 3 is 2.29 bits per heavy atom. The molecule has 2 aromatic rings. The van der Waals surface area contributed by atoms with Crippen LogP contribution in [0.2, 0.25) is 0 Å². The van der Waals surface area contributed by atoms with E-state index in [0.29, 0.717) is 17.4 Å². The third kappa shape index (κ3) is 4.35. The molecule has 124 valence electrons. The lowest BCUT2D eigenvalue weighted by Gasteiger charge is -2.08. The highest BCUT2D eigenvalue weighted by Crippen LogP contribution is 2.38. The SMILES string of the molecule is C[C@H]1C[C@@H]1C(=O)OCC(=O)Nc1ccc(Oc2ccccc2)cc1. The molecule has 1 N–H and O–H groups in total. The number of rotatable bonds is 6. The minimum Gasteiger partial charge on any atom is -0.457 e. The van der Waals surface area contributed by atoms with Crippen LogP contribution in [0.15, 0.2) is 54.6 Å². The molecule has 24 heavy (non-hydrogen) atoms. The van der Waals surface area contributed by atoms with E-state index < -0.39 is 0 Å². The van der Waals surface area contributed by atoms with Crippen molar-refractivity contribution in [3.63, 3.8) is 0 Å². The predicted molar refractivity (Wildman–Crippen MR) is 89.8 cm³/mol. The van der Waals surface area contributed by atoms with Crippen LogP contribution >= 0.6 is 0 Å². The van der Waals surface area contributed by atoms with E-state index in [2.05, 4.69) is 5.32 Å². The molecule has 1 aliphatic rings. The number of carbonyl (C=O) groups is 2. The number of nitrogens with one attached hydrogen (secondary N) is 1. The highest BCUT2D eigenvalue weighted by atomic mass is 16.5. The fourth-order valence-electron chi connectivity index (χ4n) is 2.32. The molecule has 0 aromatic heterocycles. The summed E-state index contributed by atoms with van der Waals surface area (Å²) in [6, 6.07) is 16.4. The molecule has 0 spiro atoms. The summed E-state index contributed by atoms with van der Waals surface area (Å²) in [7, 11) is 0. The zero-order chi connectivity index (χ0) is 16.9. The Kier molecular flexibility index (Phi) is 4.79. The molecule has 5 heteroatoms. The van der Waals surface area contributed by atoms with Crippen molar-refractivity contribution in [1.29, 1.82) is 0 Å². The number of ether oxygens (including phenoxy) is 2. The van der Waals surface area contributed by atoms with Crippen LogP contribution in [0.1, 0.15) is 13.3 Å². The van der Waals surface area contributed by atoms with E-state index in [0.717, 1.165) is 12.2 Å². The number of anilines is 1. The molecule has 0 saturated heterocycles. The van der Waals surface area contributed by atoms with Crippen molar-refractivity contribution in [1.82, 2.24) is 0 Å². The monoisotopic (exact) mass is 325 g/mol. The fraction of sp³-hybridized carbons (Fsp3) is 0.263. The Balaban J connectivity index is 1.47. The van der Waals surface area contributed by atoms with Crippen LogP contribution < -0.4 is 10.1 Å². The maximum Gasteiger partial charge on any atom is 0.309 e. The first-order chi connectivity index (χ1) is 11.6. The Morgan fingerprint density at radius 1 is 1.04 bits per heavy atom. The molecule has 3 rings (SSSR count). The van der Waals surface area contributed by atoms with Gasteiger partial charge in [0.05, 0.1) is 5.92 Å². The summed E-state index contributed by atoms with van der Waals surface area (Å²) in [6.45, 7) is 1.73. The molecule has 2 aromatic carbocycles. The number of para-hydroxylation sites is 1. The maximum atomic E-state index is 11.8. The normalized spacial score (nSPS) is 18.5. The number of hydrogen-bond acceptors (Lipinski definition) is 4. The molecule has 0 aliphatic heterocycles. The number of hydrogen-bond donors (Lipinski definition) is 1. The number of amides is 1. The van der Waals surface area contributed by atoms with E-state index in [-0.39, 0.29) is 24.4 Å². The molecule has 1 fully saturated rings. The van der Waals surface area contributed by atoms with Gasteiger partial charge in [-0.25, -0.2) is 0 Å². The van der Waals surface area contributed by atoms with Gasteiger partial charge in [0.1, 0.15) is 11.5 Å². The number of benzene rings is 2. The van der Waals surface area contributed by atoms with Gasteiger partial charge in [0, 0.05) is 5.69 Å². The van der Waals surface area contributed by atoms with Gasteiger partial charge in [-0.05, 0) is 48.7 Å². The van der Waals surface area contributed by atoms with Gasteiger partial charge >= 0.3 is 5.97 Å². The second kappa shape index (κ2) is 7.17. The molecule has 2 atom stereocenters. The molecule has 5 nitrogen and oxygen atoms in total. The van der Waals surface area contributed by atoms with Crippen LogP contribution in [-0.4, -0.2) is 18.5 Å². The average Bonchev–Trinajstić information content (AvgIpc) is 3.32. The molecule has 0 heterocycles. The van der Waals surface area contributed by atoms with Gasteiger partial charge in [0.25, 0.3) is 5.91 Å². The zero-order valence-electron chi connectivity index (χ0n) is 13.4. The van der Waals surface area contributed by atoms with Crippen molar-refractivity contribution in [2.24, 2.45) is 11.8 Å². The van der Waals surface area contributed by atoms with Crippen LogP contribution in [0, 0.1) is 11.8 Å². The summed E-state index contributed by atoms with van der Waals surface area (Å²) in [6.07, 6.45) is 0.851. The van der Waals surface area contributed by atoms with Crippen LogP contribution in [0.3, 0.4) is 0 Å². The highest BCUT2D eigenvalue weighted by Gasteiger charge is 2.40. The largest absolute Gasteiger partial charge is 0.457 e. The summed E-state index contributed by atoms with van der Waals surface area (Å²) in [5.74, 6) is 1.12. The van der Waals surface area contributed by atoms with E-state index in [1.54, 1.807) is 24.3 Å². The lowest BCUT2D eigenvalue weighted by molar-refractivity contribution is -0.148.